The minimum Gasteiger partial charge on any atom is -0.366 e. The standard InChI is InChI=1S/C17H14FN5/c18-13-8-6-12(7-9-13)15-10-14(11-4-2-1-3-5-11)20-17-21-16(19)22-23(15)17/h1-10,15H,(H3,19,20,21,22)/t15-/m0/s1. The van der Waals surface area contributed by atoms with Crippen molar-refractivity contribution in [1.82, 2.24) is 14.8 Å². The molecule has 6 heteroatoms. The number of benzene rings is 2. The number of halogens is 1. The molecule has 0 fully saturated rings. The lowest BCUT2D eigenvalue weighted by Gasteiger charge is -2.24. The van der Waals surface area contributed by atoms with Crippen LogP contribution < -0.4 is 11.1 Å². The van der Waals surface area contributed by atoms with Crippen LogP contribution in [0.5, 0.6) is 0 Å². The number of nitrogens with two attached hydrogens (primary N) is 1. The third-order valence-electron chi connectivity index (χ3n) is 3.78. The van der Waals surface area contributed by atoms with Crippen molar-refractivity contribution in [1.29, 1.82) is 0 Å². The van der Waals surface area contributed by atoms with Crippen LogP contribution in [0.4, 0.5) is 16.3 Å². The molecule has 3 N–H and O–H groups in total. The van der Waals surface area contributed by atoms with Gasteiger partial charge < -0.3 is 11.1 Å². The van der Waals surface area contributed by atoms with Crippen LogP contribution >= 0.6 is 0 Å². The summed E-state index contributed by atoms with van der Waals surface area (Å²) in [4.78, 5) is 4.22. The predicted octanol–water partition coefficient (Wildman–Crippen LogP) is 3.06. The van der Waals surface area contributed by atoms with Gasteiger partial charge in [-0.3, -0.25) is 0 Å². The van der Waals surface area contributed by atoms with Gasteiger partial charge in [-0.1, -0.05) is 42.5 Å². The third-order valence-corrected chi connectivity index (χ3v) is 3.78. The number of aromatic nitrogens is 3. The minimum atomic E-state index is -0.270. The van der Waals surface area contributed by atoms with Gasteiger partial charge in [-0.15, -0.1) is 5.10 Å². The number of fused-ring (bicyclic) bond motifs is 1. The average molecular weight is 307 g/mol. The number of anilines is 2. The Morgan fingerprint density at radius 3 is 2.52 bits per heavy atom. The second-order valence-electron chi connectivity index (χ2n) is 5.31. The molecule has 0 spiro atoms. The van der Waals surface area contributed by atoms with E-state index < -0.39 is 0 Å². The molecule has 3 aromatic rings. The highest BCUT2D eigenvalue weighted by atomic mass is 19.1. The third kappa shape index (κ3) is 2.44. The summed E-state index contributed by atoms with van der Waals surface area (Å²) in [5.74, 6) is 0.494. The van der Waals surface area contributed by atoms with Crippen molar-refractivity contribution in [2.24, 2.45) is 0 Å². The van der Waals surface area contributed by atoms with Crippen LogP contribution in [-0.4, -0.2) is 14.8 Å². The van der Waals surface area contributed by atoms with Gasteiger partial charge >= 0.3 is 0 Å². The van der Waals surface area contributed by atoms with Crippen molar-refractivity contribution in [2.75, 3.05) is 11.1 Å². The largest absolute Gasteiger partial charge is 0.366 e. The molecule has 2 aromatic carbocycles. The van der Waals surface area contributed by atoms with Crippen molar-refractivity contribution >= 4 is 17.6 Å². The molecule has 2 heterocycles. The molecule has 0 aliphatic carbocycles. The Morgan fingerprint density at radius 1 is 1.04 bits per heavy atom. The summed E-state index contributed by atoms with van der Waals surface area (Å²) in [6, 6.07) is 16.1. The van der Waals surface area contributed by atoms with Crippen molar-refractivity contribution in [3.05, 3.63) is 77.6 Å². The van der Waals surface area contributed by atoms with Gasteiger partial charge in [-0.25, -0.2) is 9.07 Å². The van der Waals surface area contributed by atoms with E-state index in [1.807, 2.05) is 36.4 Å². The lowest BCUT2D eigenvalue weighted by Crippen LogP contribution is -2.20. The average Bonchev–Trinajstić information content (AvgIpc) is 2.96. The fraction of sp³-hybridized carbons (Fsp3) is 0.0588. The van der Waals surface area contributed by atoms with Crippen LogP contribution in [0.3, 0.4) is 0 Å². The van der Waals surface area contributed by atoms with Crippen molar-refractivity contribution in [2.45, 2.75) is 6.04 Å². The smallest absolute Gasteiger partial charge is 0.241 e. The van der Waals surface area contributed by atoms with E-state index >= 15 is 0 Å². The Hall–Kier alpha value is -3.15. The molecular formula is C17H14FN5. The van der Waals surface area contributed by atoms with Gasteiger partial charge in [0.2, 0.25) is 11.9 Å². The molecule has 1 aliphatic rings. The number of nitrogens with zero attached hydrogens (tertiary/aromatic N) is 3. The summed E-state index contributed by atoms with van der Waals surface area (Å²) >= 11 is 0. The Balaban J connectivity index is 1.83. The van der Waals surface area contributed by atoms with Gasteiger partial charge in [0.15, 0.2) is 0 Å². The monoisotopic (exact) mass is 307 g/mol. The van der Waals surface area contributed by atoms with Gasteiger partial charge in [-0.2, -0.15) is 4.98 Å². The van der Waals surface area contributed by atoms with E-state index in [-0.39, 0.29) is 17.8 Å². The maximum Gasteiger partial charge on any atom is 0.241 e. The van der Waals surface area contributed by atoms with Gasteiger partial charge in [0.25, 0.3) is 0 Å². The van der Waals surface area contributed by atoms with Crippen molar-refractivity contribution < 1.29 is 4.39 Å². The minimum absolute atomic E-state index is 0.197. The molecule has 1 aliphatic heterocycles. The first kappa shape index (κ1) is 13.5. The van der Waals surface area contributed by atoms with E-state index in [0.29, 0.717) is 5.95 Å². The molecule has 114 valence electrons. The molecule has 0 amide bonds. The Labute approximate surface area is 132 Å². The quantitative estimate of drug-likeness (QED) is 0.763. The van der Waals surface area contributed by atoms with Gasteiger partial charge in [-0.05, 0) is 29.3 Å². The van der Waals surface area contributed by atoms with E-state index in [0.717, 1.165) is 16.8 Å². The summed E-state index contributed by atoms with van der Waals surface area (Å²) in [6.07, 6.45) is 2.03. The second kappa shape index (κ2) is 5.24. The predicted molar refractivity (Wildman–Crippen MR) is 87.0 cm³/mol. The first-order valence-electron chi connectivity index (χ1n) is 7.22. The van der Waals surface area contributed by atoms with Crippen molar-refractivity contribution in [3.8, 4) is 0 Å². The Kier molecular flexibility index (Phi) is 3.08. The summed E-state index contributed by atoms with van der Waals surface area (Å²) in [7, 11) is 0. The number of hydrogen-bond acceptors (Lipinski definition) is 4. The van der Waals surface area contributed by atoms with Crippen molar-refractivity contribution in [3.63, 3.8) is 0 Å². The van der Waals surface area contributed by atoms with Crippen LogP contribution in [0.15, 0.2) is 60.7 Å². The van der Waals surface area contributed by atoms with Crippen LogP contribution in [0.2, 0.25) is 0 Å². The van der Waals surface area contributed by atoms with Gasteiger partial charge in [0, 0.05) is 5.70 Å². The molecule has 0 radical (unpaired) electrons. The highest BCUT2D eigenvalue weighted by molar-refractivity contribution is 5.77. The second-order valence-corrected chi connectivity index (χ2v) is 5.31. The molecule has 5 nitrogen and oxygen atoms in total. The number of nitrogens with one attached hydrogen (secondary N) is 1. The van der Waals surface area contributed by atoms with E-state index in [4.69, 9.17) is 5.73 Å². The molecule has 0 saturated heterocycles. The summed E-state index contributed by atoms with van der Waals surface area (Å²) in [5, 5.41) is 7.48. The fourth-order valence-electron chi connectivity index (χ4n) is 2.69. The Bertz CT molecular complexity index is 868. The van der Waals surface area contributed by atoms with E-state index in [9.17, 15) is 4.39 Å². The van der Waals surface area contributed by atoms with E-state index in [1.54, 1.807) is 16.8 Å². The van der Waals surface area contributed by atoms with Crippen LogP contribution in [-0.2, 0) is 0 Å². The number of hydrogen-bond donors (Lipinski definition) is 2. The molecule has 0 unspecified atom stereocenters. The summed E-state index contributed by atoms with van der Waals surface area (Å²) in [5.41, 5.74) is 8.60. The SMILES string of the molecule is Nc1nc2n(n1)[C@H](c1ccc(F)cc1)C=C(c1ccccc1)N2. The molecule has 23 heavy (non-hydrogen) atoms. The number of allylic oxidation sites excluding steroid dienone is 1. The normalized spacial score (nSPS) is 16.4. The number of nitrogen functional groups attached to an aromatic ring is 1. The first-order chi connectivity index (χ1) is 11.2. The van der Waals surface area contributed by atoms with E-state index in [1.165, 1.54) is 12.1 Å². The Morgan fingerprint density at radius 2 is 1.78 bits per heavy atom. The lowest BCUT2D eigenvalue weighted by molar-refractivity contribution is 0.604. The zero-order valence-corrected chi connectivity index (χ0v) is 12.1. The molecule has 1 atom stereocenters. The first-order valence-corrected chi connectivity index (χ1v) is 7.22. The summed E-state index contributed by atoms with van der Waals surface area (Å²) < 4.78 is 14.9. The highest BCUT2D eigenvalue weighted by Gasteiger charge is 2.24. The maximum absolute atomic E-state index is 13.2. The van der Waals surface area contributed by atoms with Crippen LogP contribution in [0.1, 0.15) is 17.2 Å². The molecule has 1 aromatic heterocycles. The molecule has 4 rings (SSSR count). The maximum atomic E-state index is 13.2. The zero-order valence-electron chi connectivity index (χ0n) is 12.1. The van der Waals surface area contributed by atoms with Gasteiger partial charge in [0.05, 0.1) is 0 Å². The topological polar surface area (TPSA) is 68.8 Å². The molecule has 0 bridgehead atoms. The van der Waals surface area contributed by atoms with Crippen LogP contribution in [0, 0.1) is 5.82 Å². The lowest BCUT2D eigenvalue weighted by atomic mass is 10.0. The zero-order chi connectivity index (χ0) is 15.8. The number of rotatable bonds is 2. The van der Waals surface area contributed by atoms with Gasteiger partial charge in [0.1, 0.15) is 11.9 Å². The fourth-order valence-corrected chi connectivity index (χ4v) is 2.69. The molecule has 0 saturated carbocycles. The highest BCUT2D eigenvalue weighted by Crippen LogP contribution is 2.32. The summed E-state index contributed by atoms with van der Waals surface area (Å²) in [6.45, 7) is 0. The van der Waals surface area contributed by atoms with E-state index in [2.05, 4.69) is 15.4 Å². The molecular weight excluding hydrogens is 293 g/mol. The van der Waals surface area contributed by atoms with Crippen LogP contribution in [0.25, 0.3) is 5.70 Å².